The summed E-state index contributed by atoms with van der Waals surface area (Å²) in [6, 6.07) is 5.30. The van der Waals surface area contributed by atoms with Gasteiger partial charge in [-0.15, -0.1) is 0 Å². The monoisotopic (exact) mass is 356 g/mol. The van der Waals surface area contributed by atoms with E-state index in [0.717, 1.165) is 11.4 Å². The molecule has 2 heterocycles. The first-order valence-electron chi connectivity index (χ1n) is 7.54. The maximum atomic E-state index is 12.5. The fraction of sp³-hybridized carbons (Fsp3) is 0.438. The Kier molecular flexibility index (Phi) is 5.17. The van der Waals surface area contributed by atoms with E-state index in [-0.39, 0.29) is 6.54 Å². The van der Waals surface area contributed by atoms with E-state index in [4.69, 9.17) is 0 Å². The highest BCUT2D eigenvalue weighted by atomic mass is 19.4. The SMILES string of the molecule is Cc1cc(C)n(-c2ccc(CNC(=O)C[C@](C)(O)C(F)(F)F)cn2)n1. The summed E-state index contributed by atoms with van der Waals surface area (Å²) in [5, 5.41) is 15.9. The lowest BCUT2D eigenvalue weighted by Crippen LogP contribution is -2.46. The molecule has 0 fully saturated rings. The fourth-order valence-electron chi connectivity index (χ4n) is 2.18. The van der Waals surface area contributed by atoms with Crippen LogP contribution in [0.3, 0.4) is 0 Å². The lowest BCUT2D eigenvalue weighted by molar-refractivity contribution is -0.253. The van der Waals surface area contributed by atoms with Crippen LogP contribution in [0.1, 0.15) is 30.3 Å². The summed E-state index contributed by atoms with van der Waals surface area (Å²) in [6.45, 7) is 4.33. The average Bonchev–Trinajstić information content (AvgIpc) is 2.83. The van der Waals surface area contributed by atoms with Crippen molar-refractivity contribution in [2.24, 2.45) is 0 Å². The molecule has 25 heavy (non-hydrogen) atoms. The Hall–Kier alpha value is -2.42. The molecule has 0 aliphatic heterocycles. The maximum absolute atomic E-state index is 12.5. The molecule has 1 amide bonds. The zero-order valence-corrected chi connectivity index (χ0v) is 14.1. The molecule has 2 N–H and O–H groups in total. The molecule has 0 aliphatic carbocycles. The van der Waals surface area contributed by atoms with Crippen LogP contribution in [0.2, 0.25) is 0 Å². The van der Waals surface area contributed by atoms with Crippen molar-refractivity contribution in [3.63, 3.8) is 0 Å². The van der Waals surface area contributed by atoms with Crippen LogP contribution in [0.25, 0.3) is 5.82 Å². The maximum Gasteiger partial charge on any atom is 0.417 e. The van der Waals surface area contributed by atoms with Crippen LogP contribution in [0.4, 0.5) is 13.2 Å². The highest BCUT2D eigenvalue weighted by Crippen LogP contribution is 2.32. The first-order valence-corrected chi connectivity index (χ1v) is 7.54. The van der Waals surface area contributed by atoms with Crippen LogP contribution in [0, 0.1) is 13.8 Å². The van der Waals surface area contributed by atoms with Crippen molar-refractivity contribution in [2.75, 3.05) is 0 Å². The number of halogens is 3. The van der Waals surface area contributed by atoms with Gasteiger partial charge in [0.15, 0.2) is 11.4 Å². The van der Waals surface area contributed by atoms with Crippen LogP contribution >= 0.6 is 0 Å². The molecule has 6 nitrogen and oxygen atoms in total. The predicted molar refractivity (Wildman–Crippen MR) is 84.0 cm³/mol. The summed E-state index contributed by atoms with van der Waals surface area (Å²) in [7, 11) is 0. The van der Waals surface area contributed by atoms with Gasteiger partial charge in [0.2, 0.25) is 5.91 Å². The summed E-state index contributed by atoms with van der Waals surface area (Å²) < 4.78 is 39.3. The number of aliphatic hydroxyl groups is 1. The molecule has 1 atom stereocenters. The number of nitrogens with one attached hydrogen (secondary N) is 1. The van der Waals surface area contributed by atoms with Gasteiger partial charge in [-0.05, 0) is 38.5 Å². The van der Waals surface area contributed by atoms with Crippen molar-refractivity contribution >= 4 is 5.91 Å². The fourth-order valence-corrected chi connectivity index (χ4v) is 2.18. The van der Waals surface area contributed by atoms with Crippen molar-refractivity contribution < 1.29 is 23.1 Å². The molecule has 2 aromatic heterocycles. The highest BCUT2D eigenvalue weighted by Gasteiger charge is 2.50. The van der Waals surface area contributed by atoms with Crippen LogP contribution in [-0.2, 0) is 11.3 Å². The van der Waals surface area contributed by atoms with Crippen LogP contribution < -0.4 is 5.32 Å². The van der Waals surface area contributed by atoms with E-state index < -0.39 is 24.1 Å². The lowest BCUT2D eigenvalue weighted by Gasteiger charge is -2.25. The minimum Gasteiger partial charge on any atom is -0.380 e. The lowest BCUT2D eigenvalue weighted by atomic mass is 10.0. The Bertz CT molecular complexity index is 752. The normalized spacial score (nSPS) is 14.2. The Balaban J connectivity index is 1.96. The number of rotatable bonds is 5. The second-order valence-corrected chi connectivity index (χ2v) is 6.09. The Morgan fingerprint density at radius 3 is 2.48 bits per heavy atom. The third-order valence-electron chi connectivity index (χ3n) is 3.64. The van der Waals surface area contributed by atoms with Crippen LogP contribution in [-0.4, -0.2) is 37.6 Å². The second kappa shape index (κ2) is 6.83. The van der Waals surface area contributed by atoms with E-state index in [0.29, 0.717) is 18.3 Å². The van der Waals surface area contributed by atoms with Gasteiger partial charge < -0.3 is 10.4 Å². The highest BCUT2D eigenvalue weighted by molar-refractivity contribution is 5.77. The quantitative estimate of drug-likeness (QED) is 0.861. The summed E-state index contributed by atoms with van der Waals surface area (Å²) in [5.74, 6) is -0.300. The number of hydrogen-bond donors (Lipinski definition) is 2. The summed E-state index contributed by atoms with van der Waals surface area (Å²) in [6.07, 6.45) is -4.42. The molecular weight excluding hydrogens is 337 g/mol. The van der Waals surface area contributed by atoms with E-state index in [1.807, 2.05) is 19.9 Å². The standard InChI is InChI=1S/C16H19F3N4O2/c1-10-6-11(2)23(22-10)13-5-4-12(8-20-13)9-21-14(24)7-15(3,25)16(17,18)19/h4-6,8,25H,7,9H2,1-3H3,(H,21,24)/t15-/m0/s1. The van der Waals surface area contributed by atoms with E-state index in [1.54, 1.807) is 16.8 Å². The molecule has 0 unspecified atom stereocenters. The molecule has 0 saturated carbocycles. The summed E-state index contributed by atoms with van der Waals surface area (Å²) in [5.41, 5.74) is -0.674. The van der Waals surface area contributed by atoms with Crippen molar-refractivity contribution in [1.29, 1.82) is 0 Å². The van der Waals surface area contributed by atoms with Gasteiger partial charge in [-0.2, -0.15) is 18.3 Å². The zero-order valence-electron chi connectivity index (χ0n) is 14.1. The molecule has 9 heteroatoms. The van der Waals surface area contributed by atoms with Crippen molar-refractivity contribution in [1.82, 2.24) is 20.1 Å². The third-order valence-corrected chi connectivity index (χ3v) is 3.64. The van der Waals surface area contributed by atoms with Gasteiger partial charge in [0.25, 0.3) is 0 Å². The number of carbonyl (C=O) groups is 1. The van der Waals surface area contributed by atoms with E-state index >= 15 is 0 Å². The van der Waals surface area contributed by atoms with Gasteiger partial charge in [0, 0.05) is 18.4 Å². The molecule has 0 aromatic carbocycles. The van der Waals surface area contributed by atoms with E-state index in [1.165, 1.54) is 6.20 Å². The average molecular weight is 356 g/mol. The Morgan fingerprint density at radius 2 is 2.00 bits per heavy atom. The molecule has 0 spiro atoms. The van der Waals surface area contributed by atoms with E-state index in [2.05, 4.69) is 15.4 Å². The topological polar surface area (TPSA) is 80.0 Å². The van der Waals surface area contributed by atoms with Gasteiger partial charge in [0.05, 0.1) is 12.1 Å². The van der Waals surface area contributed by atoms with Crippen molar-refractivity contribution in [3.8, 4) is 5.82 Å². The number of alkyl halides is 3. The molecule has 0 bridgehead atoms. The van der Waals surface area contributed by atoms with Gasteiger partial charge in [-0.1, -0.05) is 6.07 Å². The van der Waals surface area contributed by atoms with Crippen molar-refractivity contribution in [3.05, 3.63) is 41.3 Å². The number of carbonyl (C=O) groups excluding carboxylic acids is 1. The first-order chi connectivity index (χ1) is 11.5. The summed E-state index contributed by atoms with van der Waals surface area (Å²) >= 11 is 0. The van der Waals surface area contributed by atoms with Crippen molar-refractivity contribution in [2.45, 2.75) is 45.5 Å². The number of aromatic nitrogens is 3. The van der Waals surface area contributed by atoms with Gasteiger partial charge in [-0.3, -0.25) is 4.79 Å². The smallest absolute Gasteiger partial charge is 0.380 e. The van der Waals surface area contributed by atoms with Gasteiger partial charge >= 0.3 is 6.18 Å². The molecule has 2 rings (SSSR count). The van der Waals surface area contributed by atoms with Gasteiger partial charge in [-0.25, -0.2) is 9.67 Å². The molecule has 2 aromatic rings. The minimum absolute atomic E-state index is 0.0111. The molecule has 136 valence electrons. The first kappa shape index (κ1) is 18.9. The van der Waals surface area contributed by atoms with Crippen LogP contribution in [0.5, 0.6) is 0 Å². The Labute approximate surface area is 142 Å². The zero-order chi connectivity index (χ0) is 18.8. The number of pyridine rings is 1. The molecular formula is C16H19F3N4O2. The molecule has 0 saturated heterocycles. The molecule has 0 radical (unpaired) electrons. The predicted octanol–water partition coefficient (Wildman–Crippen LogP) is 2.20. The summed E-state index contributed by atoms with van der Waals surface area (Å²) in [4.78, 5) is 15.8. The molecule has 0 aliphatic rings. The number of nitrogens with zero attached hydrogens (tertiary/aromatic N) is 3. The number of amides is 1. The number of hydrogen-bond acceptors (Lipinski definition) is 4. The number of aryl methyl sites for hydroxylation is 2. The van der Waals surface area contributed by atoms with E-state index in [9.17, 15) is 23.1 Å². The minimum atomic E-state index is -4.87. The van der Waals surface area contributed by atoms with Crippen LogP contribution in [0.15, 0.2) is 24.4 Å². The third kappa shape index (κ3) is 4.56. The largest absolute Gasteiger partial charge is 0.417 e. The van der Waals surface area contributed by atoms with Gasteiger partial charge in [0.1, 0.15) is 0 Å². The Morgan fingerprint density at radius 1 is 1.32 bits per heavy atom. The second-order valence-electron chi connectivity index (χ2n) is 6.09.